The molecule has 140 valence electrons. The fourth-order valence-electron chi connectivity index (χ4n) is 3.72. The molecule has 0 aromatic carbocycles. The molecule has 1 saturated heterocycles. The Hall–Kier alpha value is -2.12. The molecule has 2 aliphatic rings. The summed E-state index contributed by atoms with van der Waals surface area (Å²) in [5.41, 5.74) is -0.917. The molecular formula is C17H27N3O5. The van der Waals surface area contributed by atoms with Crippen molar-refractivity contribution in [2.45, 2.75) is 64.5 Å². The smallest absolute Gasteiger partial charge is 0.326 e. The maximum Gasteiger partial charge on any atom is 0.326 e. The van der Waals surface area contributed by atoms with Crippen LogP contribution in [0.3, 0.4) is 0 Å². The third-order valence-electron chi connectivity index (χ3n) is 5.14. The van der Waals surface area contributed by atoms with Gasteiger partial charge in [-0.15, -0.1) is 0 Å². The fraction of sp³-hybridized carbons (Fsp3) is 0.765. The Morgan fingerprint density at radius 1 is 1.36 bits per heavy atom. The van der Waals surface area contributed by atoms with Gasteiger partial charge in [0.05, 0.1) is 0 Å². The number of amides is 4. The Labute approximate surface area is 147 Å². The number of nitrogens with one attached hydrogen (secondary N) is 2. The zero-order valence-corrected chi connectivity index (χ0v) is 15.0. The highest BCUT2D eigenvalue weighted by Crippen LogP contribution is 2.38. The minimum absolute atomic E-state index is 0.0125. The van der Waals surface area contributed by atoms with E-state index < -0.39 is 36.0 Å². The SMILES string of the molecule is CC(C)C[C@@H](NC(=O)CN1C(=O)NC2(CCCCC2C)C1=O)C(=O)O. The van der Waals surface area contributed by atoms with E-state index in [9.17, 15) is 24.3 Å². The molecule has 1 heterocycles. The molecule has 3 atom stereocenters. The number of rotatable bonds is 6. The van der Waals surface area contributed by atoms with Crippen molar-refractivity contribution < 1.29 is 24.3 Å². The summed E-state index contributed by atoms with van der Waals surface area (Å²) in [6, 6.07) is -1.61. The Kier molecular flexibility index (Phi) is 5.69. The predicted octanol–water partition coefficient (Wildman–Crippen LogP) is 1.10. The van der Waals surface area contributed by atoms with Gasteiger partial charge in [0, 0.05) is 0 Å². The number of urea groups is 1. The van der Waals surface area contributed by atoms with Crippen LogP contribution in [0, 0.1) is 11.8 Å². The molecule has 8 heteroatoms. The lowest BCUT2D eigenvalue weighted by atomic mass is 9.73. The van der Waals surface area contributed by atoms with E-state index in [2.05, 4.69) is 10.6 Å². The number of carboxylic acid groups (broad SMARTS) is 1. The van der Waals surface area contributed by atoms with Crippen molar-refractivity contribution in [2.75, 3.05) is 6.54 Å². The van der Waals surface area contributed by atoms with Crippen LogP contribution in [0.2, 0.25) is 0 Å². The van der Waals surface area contributed by atoms with Crippen molar-refractivity contribution in [1.82, 2.24) is 15.5 Å². The molecule has 0 aromatic rings. The van der Waals surface area contributed by atoms with Gasteiger partial charge in [-0.05, 0) is 31.1 Å². The number of aliphatic carboxylic acids is 1. The summed E-state index contributed by atoms with van der Waals surface area (Å²) in [7, 11) is 0. The summed E-state index contributed by atoms with van der Waals surface area (Å²) >= 11 is 0. The number of imide groups is 1. The van der Waals surface area contributed by atoms with Crippen LogP contribution in [0.1, 0.15) is 52.9 Å². The summed E-state index contributed by atoms with van der Waals surface area (Å²) < 4.78 is 0. The van der Waals surface area contributed by atoms with Gasteiger partial charge >= 0.3 is 12.0 Å². The van der Waals surface area contributed by atoms with Gasteiger partial charge in [0.2, 0.25) is 5.91 Å². The van der Waals surface area contributed by atoms with Crippen molar-refractivity contribution in [3.8, 4) is 0 Å². The minimum Gasteiger partial charge on any atom is -0.480 e. The zero-order chi connectivity index (χ0) is 18.8. The van der Waals surface area contributed by atoms with Crippen LogP contribution in [0.15, 0.2) is 0 Å². The third kappa shape index (κ3) is 3.93. The second kappa shape index (κ2) is 7.41. The van der Waals surface area contributed by atoms with E-state index in [1.54, 1.807) is 0 Å². The van der Waals surface area contributed by atoms with Gasteiger partial charge in [-0.2, -0.15) is 0 Å². The van der Waals surface area contributed by atoms with Crippen molar-refractivity contribution >= 4 is 23.8 Å². The summed E-state index contributed by atoms with van der Waals surface area (Å²) in [6.45, 7) is 5.19. The quantitative estimate of drug-likeness (QED) is 0.619. The molecule has 4 amide bonds. The Balaban J connectivity index is 2.04. The third-order valence-corrected chi connectivity index (χ3v) is 5.14. The molecule has 2 unspecified atom stereocenters. The average Bonchev–Trinajstić information content (AvgIpc) is 2.74. The first-order valence-corrected chi connectivity index (χ1v) is 8.83. The lowest BCUT2D eigenvalue weighted by Crippen LogP contribution is -2.54. The monoisotopic (exact) mass is 353 g/mol. The molecule has 1 saturated carbocycles. The van der Waals surface area contributed by atoms with Crippen molar-refractivity contribution in [3.05, 3.63) is 0 Å². The van der Waals surface area contributed by atoms with E-state index in [4.69, 9.17) is 0 Å². The molecule has 1 spiro atoms. The standard InChI is InChI=1S/C17H27N3O5/c1-10(2)8-12(14(22)23)18-13(21)9-20-15(24)17(19-16(20)25)7-5-4-6-11(17)3/h10-12H,4-9H2,1-3H3,(H,18,21)(H,19,25)(H,22,23)/t11?,12-,17?/m1/s1. The summed E-state index contributed by atoms with van der Waals surface area (Å²) in [6.07, 6.45) is 3.57. The first-order chi connectivity index (χ1) is 11.7. The van der Waals surface area contributed by atoms with Gasteiger partial charge < -0.3 is 15.7 Å². The molecule has 2 fully saturated rings. The number of carbonyl (C=O) groups excluding carboxylic acids is 3. The van der Waals surface area contributed by atoms with E-state index in [-0.39, 0.29) is 24.2 Å². The topological polar surface area (TPSA) is 116 Å². The number of nitrogens with zero attached hydrogens (tertiary/aromatic N) is 1. The second-order valence-corrected chi connectivity index (χ2v) is 7.53. The normalized spacial score (nSPS) is 27.5. The maximum atomic E-state index is 12.8. The molecule has 1 aliphatic carbocycles. The van der Waals surface area contributed by atoms with Gasteiger partial charge in [0.15, 0.2) is 0 Å². The average molecular weight is 353 g/mol. The molecule has 8 nitrogen and oxygen atoms in total. The lowest BCUT2D eigenvalue weighted by molar-refractivity contribution is -0.142. The Morgan fingerprint density at radius 3 is 2.60 bits per heavy atom. The van der Waals surface area contributed by atoms with Crippen molar-refractivity contribution in [2.24, 2.45) is 11.8 Å². The highest BCUT2D eigenvalue weighted by molar-refractivity contribution is 6.09. The van der Waals surface area contributed by atoms with Crippen LogP contribution >= 0.6 is 0 Å². The van der Waals surface area contributed by atoms with Gasteiger partial charge in [0.25, 0.3) is 5.91 Å². The van der Waals surface area contributed by atoms with Crippen LogP contribution in [0.4, 0.5) is 4.79 Å². The van der Waals surface area contributed by atoms with E-state index in [0.29, 0.717) is 6.42 Å². The molecule has 1 aliphatic heterocycles. The largest absolute Gasteiger partial charge is 0.480 e. The first kappa shape index (κ1) is 19.2. The molecule has 0 radical (unpaired) electrons. The summed E-state index contributed by atoms with van der Waals surface area (Å²) in [5, 5.41) is 14.4. The molecule has 2 rings (SSSR count). The van der Waals surface area contributed by atoms with E-state index in [1.807, 2.05) is 20.8 Å². The zero-order valence-electron chi connectivity index (χ0n) is 15.0. The second-order valence-electron chi connectivity index (χ2n) is 7.53. The highest BCUT2D eigenvalue weighted by Gasteiger charge is 2.55. The van der Waals surface area contributed by atoms with E-state index >= 15 is 0 Å². The van der Waals surface area contributed by atoms with Crippen LogP contribution in [0.25, 0.3) is 0 Å². The Bertz CT molecular complexity index is 577. The van der Waals surface area contributed by atoms with Crippen molar-refractivity contribution in [3.63, 3.8) is 0 Å². The summed E-state index contributed by atoms with van der Waals surface area (Å²) in [5.74, 6) is -2.05. The van der Waals surface area contributed by atoms with Gasteiger partial charge in [-0.3, -0.25) is 14.5 Å². The number of hydrogen-bond acceptors (Lipinski definition) is 4. The minimum atomic E-state index is -1.13. The van der Waals surface area contributed by atoms with E-state index in [1.165, 1.54) is 0 Å². The first-order valence-electron chi connectivity index (χ1n) is 8.83. The number of carbonyl (C=O) groups is 4. The van der Waals surface area contributed by atoms with Crippen molar-refractivity contribution in [1.29, 1.82) is 0 Å². The Morgan fingerprint density at radius 2 is 2.04 bits per heavy atom. The molecule has 3 N–H and O–H groups in total. The highest BCUT2D eigenvalue weighted by atomic mass is 16.4. The molecular weight excluding hydrogens is 326 g/mol. The van der Waals surface area contributed by atoms with Crippen LogP contribution in [-0.4, -0.2) is 51.9 Å². The molecule has 0 aromatic heterocycles. The van der Waals surface area contributed by atoms with Gasteiger partial charge in [-0.1, -0.05) is 33.6 Å². The van der Waals surface area contributed by atoms with Crippen LogP contribution in [0.5, 0.6) is 0 Å². The number of hydrogen-bond donors (Lipinski definition) is 3. The lowest BCUT2D eigenvalue weighted by Gasteiger charge is -2.36. The van der Waals surface area contributed by atoms with Crippen LogP contribution < -0.4 is 10.6 Å². The van der Waals surface area contributed by atoms with E-state index in [0.717, 1.165) is 24.2 Å². The van der Waals surface area contributed by atoms with Gasteiger partial charge in [0.1, 0.15) is 18.1 Å². The summed E-state index contributed by atoms with van der Waals surface area (Å²) in [4.78, 5) is 49.4. The molecule has 25 heavy (non-hydrogen) atoms. The maximum absolute atomic E-state index is 12.8. The predicted molar refractivity (Wildman–Crippen MR) is 89.6 cm³/mol. The number of carboxylic acids is 1. The van der Waals surface area contributed by atoms with Crippen LogP contribution in [-0.2, 0) is 14.4 Å². The fourth-order valence-corrected chi connectivity index (χ4v) is 3.72. The van der Waals surface area contributed by atoms with Gasteiger partial charge in [-0.25, -0.2) is 9.59 Å². The molecule has 0 bridgehead atoms.